The lowest BCUT2D eigenvalue weighted by Gasteiger charge is -2.27. The van der Waals surface area contributed by atoms with Gasteiger partial charge in [-0.2, -0.15) is 13.2 Å². The van der Waals surface area contributed by atoms with E-state index in [4.69, 9.17) is 0 Å². The van der Waals surface area contributed by atoms with E-state index in [0.717, 1.165) is 24.4 Å². The van der Waals surface area contributed by atoms with Crippen molar-refractivity contribution in [1.82, 2.24) is 9.88 Å². The van der Waals surface area contributed by atoms with Gasteiger partial charge in [0.05, 0.1) is 11.6 Å². The molecule has 1 aliphatic rings. The minimum atomic E-state index is -4.43. The van der Waals surface area contributed by atoms with Crippen LogP contribution in [0.2, 0.25) is 0 Å². The molecule has 0 radical (unpaired) electrons. The van der Waals surface area contributed by atoms with Crippen molar-refractivity contribution >= 4 is 17.4 Å². The molecule has 1 atom stereocenters. The van der Waals surface area contributed by atoms with E-state index in [1.807, 2.05) is 9.80 Å². The van der Waals surface area contributed by atoms with Gasteiger partial charge in [0.15, 0.2) is 11.6 Å². The summed E-state index contributed by atoms with van der Waals surface area (Å²) in [5, 5.41) is 2.57. The zero-order valence-electron chi connectivity index (χ0n) is 16.2. The van der Waals surface area contributed by atoms with Gasteiger partial charge in [0, 0.05) is 44.1 Å². The normalized spacial score (nSPS) is 16.8. The summed E-state index contributed by atoms with van der Waals surface area (Å²) in [5.41, 5.74) is -0.638. The molecule has 2 aromatic rings. The highest BCUT2D eigenvalue weighted by Crippen LogP contribution is 2.29. The van der Waals surface area contributed by atoms with Crippen molar-refractivity contribution in [2.45, 2.75) is 25.6 Å². The van der Waals surface area contributed by atoms with Crippen molar-refractivity contribution in [2.75, 3.05) is 36.4 Å². The molecule has 30 heavy (non-hydrogen) atoms. The van der Waals surface area contributed by atoms with E-state index in [2.05, 4.69) is 10.3 Å². The number of hydrogen-bond acceptors (Lipinski definition) is 4. The standard InChI is InChI=1S/C20H21F5N4O/c1-13(19(30)27-15-4-5-16(21)17(22)11-15)28-7-2-8-29(10-9-28)18-6-3-14(12-26-18)20(23,24)25/h3-6,11-13H,2,7-10H2,1H3,(H,27,30). The average Bonchev–Trinajstić information content (AvgIpc) is 2.96. The number of benzene rings is 1. The van der Waals surface area contributed by atoms with Crippen LogP contribution in [0.1, 0.15) is 18.9 Å². The Morgan fingerprint density at radius 3 is 2.47 bits per heavy atom. The van der Waals surface area contributed by atoms with Gasteiger partial charge < -0.3 is 10.2 Å². The lowest BCUT2D eigenvalue weighted by molar-refractivity contribution is -0.137. The summed E-state index contributed by atoms with van der Waals surface area (Å²) in [6.07, 6.45) is -2.93. The Morgan fingerprint density at radius 1 is 1.07 bits per heavy atom. The molecule has 1 unspecified atom stereocenters. The molecule has 1 aliphatic heterocycles. The highest BCUT2D eigenvalue weighted by atomic mass is 19.4. The monoisotopic (exact) mass is 428 g/mol. The number of carbonyl (C=O) groups excluding carboxylic acids is 1. The summed E-state index contributed by atoms with van der Waals surface area (Å²) in [5.74, 6) is -1.95. The number of nitrogens with one attached hydrogen (secondary N) is 1. The van der Waals surface area contributed by atoms with Crippen molar-refractivity contribution in [3.8, 4) is 0 Å². The third kappa shape index (κ3) is 5.24. The zero-order valence-corrected chi connectivity index (χ0v) is 16.2. The number of anilines is 2. The van der Waals surface area contributed by atoms with E-state index >= 15 is 0 Å². The molecule has 0 aliphatic carbocycles. The van der Waals surface area contributed by atoms with Gasteiger partial charge >= 0.3 is 6.18 Å². The fraction of sp³-hybridized carbons (Fsp3) is 0.400. The van der Waals surface area contributed by atoms with Crippen LogP contribution < -0.4 is 10.2 Å². The van der Waals surface area contributed by atoms with Gasteiger partial charge in [-0.25, -0.2) is 13.8 Å². The van der Waals surface area contributed by atoms with Crippen LogP contribution >= 0.6 is 0 Å². The first kappa shape index (κ1) is 21.9. The van der Waals surface area contributed by atoms with Crippen LogP contribution in [0.3, 0.4) is 0 Å². The lowest BCUT2D eigenvalue weighted by Crippen LogP contribution is -2.44. The second kappa shape index (κ2) is 8.95. The van der Waals surface area contributed by atoms with E-state index in [1.165, 1.54) is 12.1 Å². The number of alkyl halides is 3. The quantitative estimate of drug-likeness (QED) is 0.751. The van der Waals surface area contributed by atoms with Gasteiger partial charge in [0.25, 0.3) is 0 Å². The number of hydrogen-bond donors (Lipinski definition) is 1. The fourth-order valence-electron chi connectivity index (χ4n) is 3.28. The maximum Gasteiger partial charge on any atom is 0.417 e. The van der Waals surface area contributed by atoms with Crippen LogP contribution in [0.5, 0.6) is 0 Å². The number of pyridine rings is 1. The van der Waals surface area contributed by atoms with E-state index in [-0.39, 0.29) is 11.6 Å². The molecular formula is C20H21F5N4O. The van der Waals surface area contributed by atoms with Gasteiger partial charge in [-0.1, -0.05) is 0 Å². The maximum absolute atomic E-state index is 13.3. The Balaban J connectivity index is 1.59. The van der Waals surface area contributed by atoms with E-state index in [0.29, 0.717) is 38.4 Å². The summed E-state index contributed by atoms with van der Waals surface area (Å²) in [7, 11) is 0. The molecule has 1 amide bonds. The topological polar surface area (TPSA) is 48.5 Å². The van der Waals surface area contributed by atoms with Crippen LogP contribution in [0.4, 0.5) is 33.5 Å². The third-order valence-electron chi connectivity index (χ3n) is 5.04. The molecular weight excluding hydrogens is 407 g/mol. The lowest BCUT2D eigenvalue weighted by atomic mass is 10.2. The minimum absolute atomic E-state index is 0.163. The largest absolute Gasteiger partial charge is 0.417 e. The first-order chi connectivity index (χ1) is 14.1. The number of rotatable bonds is 4. The molecule has 0 bridgehead atoms. The van der Waals surface area contributed by atoms with Crippen molar-refractivity contribution in [2.24, 2.45) is 0 Å². The molecule has 5 nitrogen and oxygen atoms in total. The summed E-state index contributed by atoms with van der Waals surface area (Å²) in [6.45, 7) is 3.88. The number of halogens is 5. The third-order valence-corrected chi connectivity index (χ3v) is 5.04. The van der Waals surface area contributed by atoms with Crippen molar-refractivity contribution in [3.63, 3.8) is 0 Å². The molecule has 0 saturated carbocycles. The zero-order chi connectivity index (χ0) is 21.9. The highest BCUT2D eigenvalue weighted by molar-refractivity contribution is 5.94. The molecule has 162 valence electrons. The average molecular weight is 428 g/mol. The SMILES string of the molecule is CC(C(=O)Nc1ccc(F)c(F)c1)N1CCCN(c2ccc(C(F)(F)F)cn2)CC1. The van der Waals surface area contributed by atoms with E-state index < -0.39 is 29.4 Å². The molecule has 1 fully saturated rings. The van der Waals surface area contributed by atoms with Crippen molar-refractivity contribution in [3.05, 3.63) is 53.7 Å². The molecule has 2 heterocycles. The minimum Gasteiger partial charge on any atom is -0.355 e. The number of carbonyl (C=O) groups is 1. The second-order valence-electron chi connectivity index (χ2n) is 7.07. The van der Waals surface area contributed by atoms with Gasteiger partial charge in [0.1, 0.15) is 5.82 Å². The van der Waals surface area contributed by atoms with Crippen molar-refractivity contribution < 1.29 is 26.7 Å². The predicted octanol–water partition coefficient (Wildman–Crippen LogP) is 3.92. The van der Waals surface area contributed by atoms with Crippen LogP contribution in [-0.2, 0) is 11.0 Å². The summed E-state index contributed by atoms with van der Waals surface area (Å²) < 4.78 is 64.5. The van der Waals surface area contributed by atoms with Crippen LogP contribution in [0.25, 0.3) is 0 Å². The summed E-state index contributed by atoms with van der Waals surface area (Å²) in [6, 6.07) is 4.96. The summed E-state index contributed by atoms with van der Waals surface area (Å²) in [4.78, 5) is 20.2. The Hall–Kier alpha value is -2.75. The second-order valence-corrected chi connectivity index (χ2v) is 7.07. The van der Waals surface area contributed by atoms with Gasteiger partial charge in [-0.15, -0.1) is 0 Å². The van der Waals surface area contributed by atoms with Gasteiger partial charge in [-0.3, -0.25) is 9.69 Å². The van der Waals surface area contributed by atoms with Gasteiger partial charge in [0.2, 0.25) is 5.91 Å². The predicted molar refractivity (Wildman–Crippen MR) is 102 cm³/mol. The first-order valence-corrected chi connectivity index (χ1v) is 9.43. The first-order valence-electron chi connectivity index (χ1n) is 9.43. The molecule has 0 spiro atoms. The number of amides is 1. The molecule has 3 rings (SSSR count). The Bertz CT molecular complexity index is 888. The van der Waals surface area contributed by atoms with Crippen LogP contribution in [0.15, 0.2) is 36.5 Å². The number of aromatic nitrogens is 1. The maximum atomic E-state index is 13.3. The Labute approximate surface area is 170 Å². The fourth-order valence-corrected chi connectivity index (χ4v) is 3.28. The van der Waals surface area contributed by atoms with E-state index in [1.54, 1.807) is 6.92 Å². The van der Waals surface area contributed by atoms with Crippen molar-refractivity contribution in [1.29, 1.82) is 0 Å². The van der Waals surface area contributed by atoms with E-state index in [9.17, 15) is 26.7 Å². The smallest absolute Gasteiger partial charge is 0.355 e. The summed E-state index contributed by atoms with van der Waals surface area (Å²) >= 11 is 0. The van der Waals surface area contributed by atoms with Crippen LogP contribution in [-0.4, -0.2) is 48.0 Å². The molecule has 10 heteroatoms. The van der Waals surface area contributed by atoms with Gasteiger partial charge in [-0.05, 0) is 37.6 Å². The molecule has 1 N–H and O–H groups in total. The molecule has 1 saturated heterocycles. The van der Waals surface area contributed by atoms with Crippen LogP contribution in [0, 0.1) is 11.6 Å². The molecule has 1 aromatic heterocycles. The highest BCUT2D eigenvalue weighted by Gasteiger charge is 2.31. The Morgan fingerprint density at radius 2 is 1.83 bits per heavy atom. The Kier molecular flexibility index (Phi) is 6.55. The molecule has 1 aromatic carbocycles. The number of nitrogens with zero attached hydrogens (tertiary/aromatic N) is 3.